The molecular formula is C8H7N3S2. The van der Waals surface area contributed by atoms with Crippen molar-refractivity contribution in [2.45, 2.75) is 16.3 Å². The van der Waals surface area contributed by atoms with Crippen LogP contribution in [-0.2, 0) is 0 Å². The number of aromatic nitrogens is 3. The Morgan fingerprint density at radius 1 is 1.31 bits per heavy atom. The second-order valence-electron chi connectivity index (χ2n) is 2.40. The Morgan fingerprint density at radius 2 is 2.23 bits per heavy atom. The van der Waals surface area contributed by atoms with Gasteiger partial charge in [-0.05, 0) is 24.8 Å². The van der Waals surface area contributed by atoms with Gasteiger partial charge in [0.15, 0.2) is 4.34 Å². The molecule has 0 spiro atoms. The summed E-state index contributed by atoms with van der Waals surface area (Å²) >= 11 is 3.18. The number of aryl methyl sites for hydroxylation is 1. The van der Waals surface area contributed by atoms with E-state index in [1.54, 1.807) is 35.6 Å². The lowest BCUT2D eigenvalue weighted by Gasteiger charge is -1.96. The summed E-state index contributed by atoms with van der Waals surface area (Å²) in [6.07, 6.45) is 3.37. The lowest BCUT2D eigenvalue weighted by atomic mass is 10.5. The summed E-state index contributed by atoms with van der Waals surface area (Å²) in [4.78, 5) is 12.3. The van der Waals surface area contributed by atoms with Gasteiger partial charge in [0, 0.05) is 17.3 Å². The average molecular weight is 209 g/mol. The van der Waals surface area contributed by atoms with Crippen molar-refractivity contribution >= 4 is 23.1 Å². The predicted molar refractivity (Wildman–Crippen MR) is 53.0 cm³/mol. The van der Waals surface area contributed by atoms with Crippen molar-refractivity contribution in [2.75, 3.05) is 0 Å². The molecule has 0 fully saturated rings. The van der Waals surface area contributed by atoms with E-state index >= 15 is 0 Å². The molecule has 2 heterocycles. The van der Waals surface area contributed by atoms with Crippen molar-refractivity contribution < 1.29 is 0 Å². The van der Waals surface area contributed by atoms with Gasteiger partial charge in [-0.1, -0.05) is 0 Å². The van der Waals surface area contributed by atoms with Gasteiger partial charge in [0.25, 0.3) is 0 Å². The number of thiazole rings is 1. The zero-order chi connectivity index (χ0) is 9.10. The van der Waals surface area contributed by atoms with Crippen molar-refractivity contribution in [3.8, 4) is 0 Å². The molecule has 0 aliphatic carbocycles. The third-order valence-corrected chi connectivity index (χ3v) is 3.20. The van der Waals surface area contributed by atoms with E-state index in [-0.39, 0.29) is 0 Å². The molecular weight excluding hydrogens is 202 g/mol. The highest BCUT2D eigenvalue weighted by Gasteiger charge is 2.00. The average Bonchev–Trinajstić information content (AvgIpc) is 2.57. The third-order valence-electron chi connectivity index (χ3n) is 1.38. The minimum Gasteiger partial charge on any atom is -0.242 e. The maximum Gasteiger partial charge on any atom is 0.156 e. The normalized spacial score (nSPS) is 10.2. The zero-order valence-corrected chi connectivity index (χ0v) is 8.60. The monoisotopic (exact) mass is 209 g/mol. The maximum absolute atomic E-state index is 4.16. The van der Waals surface area contributed by atoms with E-state index in [0.29, 0.717) is 0 Å². The van der Waals surface area contributed by atoms with Crippen molar-refractivity contribution in [1.29, 1.82) is 0 Å². The fraction of sp³-hybridized carbons (Fsp3) is 0.125. The largest absolute Gasteiger partial charge is 0.242 e. The van der Waals surface area contributed by atoms with E-state index in [9.17, 15) is 0 Å². The predicted octanol–water partition coefficient (Wildman–Crippen LogP) is 2.39. The molecule has 0 N–H and O–H groups in total. The van der Waals surface area contributed by atoms with Gasteiger partial charge < -0.3 is 0 Å². The van der Waals surface area contributed by atoms with E-state index in [0.717, 1.165) is 15.1 Å². The van der Waals surface area contributed by atoms with E-state index in [1.165, 1.54) is 0 Å². The first-order valence-corrected chi connectivity index (χ1v) is 5.40. The SMILES string of the molecule is Cc1cc(Sc2nccs2)ncn1. The Balaban J connectivity index is 2.19. The second kappa shape index (κ2) is 3.85. The van der Waals surface area contributed by atoms with E-state index in [2.05, 4.69) is 15.0 Å². The summed E-state index contributed by atoms with van der Waals surface area (Å²) in [5.41, 5.74) is 0.981. The number of rotatable bonds is 2. The van der Waals surface area contributed by atoms with E-state index in [4.69, 9.17) is 0 Å². The Bertz CT molecular complexity index is 386. The van der Waals surface area contributed by atoms with Gasteiger partial charge in [-0.25, -0.2) is 15.0 Å². The molecule has 0 atom stereocenters. The molecule has 2 aromatic heterocycles. The maximum atomic E-state index is 4.16. The van der Waals surface area contributed by atoms with Crippen LogP contribution in [0.1, 0.15) is 5.69 Å². The summed E-state index contributed by atoms with van der Waals surface area (Å²) in [6, 6.07) is 1.95. The number of hydrogen-bond acceptors (Lipinski definition) is 5. The Kier molecular flexibility index (Phi) is 2.56. The van der Waals surface area contributed by atoms with Crippen LogP contribution >= 0.6 is 23.1 Å². The molecule has 0 radical (unpaired) electrons. The topological polar surface area (TPSA) is 38.7 Å². The molecule has 0 aliphatic heterocycles. The first kappa shape index (κ1) is 8.65. The highest BCUT2D eigenvalue weighted by Crippen LogP contribution is 2.27. The minimum atomic E-state index is 0.947. The Morgan fingerprint density at radius 3 is 2.92 bits per heavy atom. The van der Waals surface area contributed by atoms with Crippen LogP contribution in [0, 0.1) is 6.92 Å². The van der Waals surface area contributed by atoms with Gasteiger partial charge in [0.05, 0.1) is 0 Å². The molecule has 3 nitrogen and oxygen atoms in total. The van der Waals surface area contributed by atoms with E-state index < -0.39 is 0 Å². The van der Waals surface area contributed by atoms with Gasteiger partial charge in [-0.15, -0.1) is 11.3 Å². The van der Waals surface area contributed by atoms with Crippen molar-refractivity contribution in [2.24, 2.45) is 0 Å². The second-order valence-corrected chi connectivity index (χ2v) is 4.56. The molecule has 0 saturated heterocycles. The molecule has 0 aliphatic rings. The lowest BCUT2D eigenvalue weighted by Crippen LogP contribution is -1.84. The Labute approximate surface area is 84.3 Å². The smallest absolute Gasteiger partial charge is 0.156 e. The molecule has 0 amide bonds. The third kappa shape index (κ3) is 2.26. The molecule has 66 valence electrons. The van der Waals surface area contributed by atoms with Gasteiger partial charge in [0.1, 0.15) is 11.4 Å². The fourth-order valence-electron chi connectivity index (χ4n) is 0.836. The number of nitrogens with zero attached hydrogens (tertiary/aromatic N) is 3. The highest BCUT2D eigenvalue weighted by molar-refractivity contribution is 8.00. The lowest BCUT2D eigenvalue weighted by molar-refractivity contribution is 1.00. The standard InChI is InChI=1S/C8H7N3S2/c1-6-4-7(11-5-10-6)13-8-9-2-3-12-8/h2-5H,1H3. The fourth-order valence-corrected chi connectivity index (χ4v) is 2.43. The summed E-state index contributed by atoms with van der Waals surface area (Å²) in [5, 5.41) is 2.90. The molecule has 13 heavy (non-hydrogen) atoms. The first-order valence-electron chi connectivity index (χ1n) is 3.70. The summed E-state index contributed by atoms with van der Waals surface area (Å²) < 4.78 is 1.01. The molecule has 2 aromatic rings. The van der Waals surface area contributed by atoms with Crippen LogP contribution < -0.4 is 0 Å². The molecule has 0 unspecified atom stereocenters. The molecule has 5 heteroatoms. The summed E-state index contributed by atoms with van der Waals surface area (Å²) in [7, 11) is 0. The zero-order valence-electron chi connectivity index (χ0n) is 6.97. The van der Waals surface area contributed by atoms with Gasteiger partial charge in [-0.2, -0.15) is 0 Å². The van der Waals surface area contributed by atoms with Crippen molar-refractivity contribution in [3.63, 3.8) is 0 Å². The molecule has 2 rings (SSSR count). The number of hydrogen-bond donors (Lipinski definition) is 0. The van der Waals surface area contributed by atoms with Crippen LogP contribution in [-0.4, -0.2) is 15.0 Å². The van der Waals surface area contributed by atoms with Crippen LogP contribution in [0.25, 0.3) is 0 Å². The van der Waals surface area contributed by atoms with Crippen LogP contribution in [0.2, 0.25) is 0 Å². The van der Waals surface area contributed by atoms with Crippen LogP contribution in [0.3, 0.4) is 0 Å². The minimum absolute atomic E-state index is 0.947. The van der Waals surface area contributed by atoms with Crippen molar-refractivity contribution in [3.05, 3.63) is 29.7 Å². The van der Waals surface area contributed by atoms with Gasteiger partial charge >= 0.3 is 0 Å². The van der Waals surface area contributed by atoms with Crippen molar-refractivity contribution in [1.82, 2.24) is 15.0 Å². The Hall–Kier alpha value is -0.940. The van der Waals surface area contributed by atoms with Gasteiger partial charge in [0.2, 0.25) is 0 Å². The molecule has 0 saturated carbocycles. The first-order chi connectivity index (χ1) is 6.34. The van der Waals surface area contributed by atoms with Crippen LogP contribution in [0.4, 0.5) is 0 Å². The summed E-state index contributed by atoms with van der Waals surface area (Å²) in [6.45, 7) is 1.95. The highest BCUT2D eigenvalue weighted by atomic mass is 32.2. The van der Waals surface area contributed by atoms with Crippen LogP contribution in [0.15, 0.2) is 33.3 Å². The molecule has 0 aromatic carbocycles. The van der Waals surface area contributed by atoms with E-state index in [1.807, 2.05) is 18.4 Å². The van der Waals surface area contributed by atoms with Crippen LogP contribution in [0.5, 0.6) is 0 Å². The summed E-state index contributed by atoms with van der Waals surface area (Å²) in [5.74, 6) is 0. The molecule has 0 bridgehead atoms. The quantitative estimate of drug-likeness (QED) is 0.712. The van der Waals surface area contributed by atoms with Gasteiger partial charge in [-0.3, -0.25) is 0 Å².